The average Bonchev–Trinajstić information content (AvgIpc) is 2.59. The van der Waals surface area contributed by atoms with Crippen LogP contribution in [-0.2, 0) is 4.79 Å². The molecule has 0 aliphatic carbocycles. The number of alkyl halides is 2. The Morgan fingerprint density at radius 2 is 1.92 bits per heavy atom. The zero-order chi connectivity index (χ0) is 18.5. The van der Waals surface area contributed by atoms with E-state index in [2.05, 4.69) is 17.0 Å². The number of hydrogen-bond acceptors (Lipinski definition) is 3. The maximum Gasteiger partial charge on any atom is 0.387 e. The minimum Gasteiger partial charge on any atom is -0.434 e. The number of amides is 1. The molecule has 25 heavy (non-hydrogen) atoms. The highest BCUT2D eigenvalue weighted by molar-refractivity contribution is 6.01. The third-order valence-corrected chi connectivity index (χ3v) is 3.62. The minimum atomic E-state index is -2.97. The Labute approximate surface area is 147 Å². The molecule has 1 aromatic carbocycles. The predicted molar refractivity (Wildman–Crippen MR) is 93.0 cm³/mol. The Bertz CT molecular complexity index is 610. The lowest BCUT2D eigenvalue weighted by Crippen LogP contribution is -2.25. The van der Waals surface area contributed by atoms with Crippen LogP contribution in [0.2, 0.25) is 0 Å². The van der Waals surface area contributed by atoms with E-state index >= 15 is 0 Å². The summed E-state index contributed by atoms with van der Waals surface area (Å²) in [4.78, 5) is 12.1. The summed E-state index contributed by atoms with van der Waals surface area (Å²) >= 11 is 0. The molecule has 1 amide bonds. The van der Waals surface area contributed by atoms with Gasteiger partial charge in [-0.3, -0.25) is 4.79 Å². The van der Waals surface area contributed by atoms with Gasteiger partial charge >= 0.3 is 6.61 Å². The third kappa shape index (κ3) is 8.30. The van der Waals surface area contributed by atoms with Crippen molar-refractivity contribution in [1.82, 2.24) is 5.32 Å². The van der Waals surface area contributed by atoms with E-state index in [1.165, 1.54) is 37.5 Å². The number of nitrogens with zero attached hydrogens (tertiary/aromatic N) is 1. The summed E-state index contributed by atoms with van der Waals surface area (Å²) in [5, 5.41) is 11.8. The molecule has 1 rings (SSSR count). The standard InChI is InChI=1S/C19H24F2N2O2/c1-2-3-4-5-6-9-12-23-18(24)16(14-22)13-15-10-7-8-11-17(15)25-19(20)21/h7-8,10-11,13,19H,2-6,9,12H2,1H3,(H,23,24)/b16-13+. The van der Waals surface area contributed by atoms with E-state index in [9.17, 15) is 13.6 Å². The van der Waals surface area contributed by atoms with Crippen LogP contribution in [0.5, 0.6) is 5.75 Å². The molecule has 0 fully saturated rings. The number of benzene rings is 1. The third-order valence-electron chi connectivity index (χ3n) is 3.62. The molecule has 1 N–H and O–H groups in total. The van der Waals surface area contributed by atoms with Gasteiger partial charge in [-0.25, -0.2) is 0 Å². The van der Waals surface area contributed by atoms with Crippen molar-refractivity contribution in [3.63, 3.8) is 0 Å². The summed E-state index contributed by atoms with van der Waals surface area (Å²) in [6.07, 6.45) is 7.85. The Balaban J connectivity index is 2.59. The maximum atomic E-state index is 12.4. The van der Waals surface area contributed by atoms with Gasteiger partial charge in [-0.05, 0) is 18.6 Å². The van der Waals surface area contributed by atoms with Gasteiger partial charge in [-0.15, -0.1) is 0 Å². The van der Waals surface area contributed by atoms with Crippen LogP contribution in [-0.4, -0.2) is 19.1 Å². The summed E-state index contributed by atoms with van der Waals surface area (Å²) in [5.41, 5.74) is 0.116. The van der Waals surface area contributed by atoms with Crippen molar-refractivity contribution in [3.8, 4) is 11.8 Å². The molecular formula is C19H24F2N2O2. The van der Waals surface area contributed by atoms with Gasteiger partial charge in [-0.1, -0.05) is 57.2 Å². The minimum absolute atomic E-state index is 0.0750. The summed E-state index contributed by atoms with van der Waals surface area (Å²) in [6, 6.07) is 7.84. The number of carbonyl (C=O) groups is 1. The fourth-order valence-corrected chi connectivity index (χ4v) is 2.31. The molecule has 0 aromatic heterocycles. The first-order valence-corrected chi connectivity index (χ1v) is 8.52. The number of halogens is 2. The number of nitrogens with one attached hydrogen (secondary N) is 1. The van der Waals surface area contributed by atoms with Crippen molar-refractivity contribution < 1.29 is 18.3 Å². The van der Waals surface area contributed by atoms with Gasteiger partial charge in [0.2, 0.25) is 0 Å². The van der Waals surface area contributed by atoms with Crippen LogP contribution in [0.4, 0.5) is 8.78 Å². The van der Waals surface area contributed by atoms with Crippen molar-refractivity contribution >= 4 is 12.0 Å². The van der Waals surface area contributed by atoms with Crippen molar-refractivity contribution in [2.45, 2.75) is 52.1 Å². The van der Waals surface area contributed by atoms with E-state index in [1.807, 2.05) is 0 Å². The number of unbranched alkanes of at least 4 members (excludes halogenated alkanes) is 5. The van der Waals surface area contributed by atoms with Gasteiger partial charge in [0.25, 0.3) is 5.91 Å². The van der Waals surface area contributed by atoms with Crippen LogP contribution in [0.25, 0.3) is 6.08 Å². The highest BCUT2D eigenvalue weighted by Crippen LogP contribution is 2.22. The molecule has 0 radical (unpaired) electrons. The van der Waals surface area contributed by atoms with Gasteiger partial charge < -0.3 is 10.1 Å². The normalized spacial score (nSPS) is 11.2. The van der Waals surface area contributed by atoms with Crippen LogP contribution < -0.4 is 10.1 Å². The van der Waals surface area contributed by atoms with Crippen molar-refractivity contribution in [2.24, 2.45) is 0 Å². The van der Waals surface area contributed by atoms with Gasteiger partial charge in [-0.2, -0.15) is 14.0 Å². The molecule has 1 aromatic rings. The van der Waals surface area contributed by atoms with Gasteiger partial charge in [0.15, 0.2) is 0 Å². The molecule has 0 unspecified atom stereocenters. The highest BCUT2D eigenvalue weighted by atomic mass is 19.3. The molecule has 0 atom stereocenters. The van der Waals surface area contributed by atoms with Gasteiger partial charge in [0.1, 0.15) is 17.4 Å². The lowest BCUT2D eigenvalue weighted by molar-refractivity contribution is -0.117. The topological polar surface area (TPSA) is 62.1 Å². The maximum absolute atomic E-state index is 12.4. The largest absolute Gasteiger partial charge is 0.434 e. The number of carbonyl (C=O) groups excluding carboxylic acids is 1. The van der Waals surface area contributed by atoms with E-state index in [1.54, 1.807) is 18.2 Å². The lowest BCUT2D eigenvalue weighted by Gasteiger charge is -2.08. The summed E-state index contributed by atoms with van der Waals surface area (Å²) in [7, 11) is 0. The molecule has 0 saturated heterocycles. The molecule has 0 spiro atoms. The quantitative estimate of drug-likeness (QED) is 0.358. The fraction of sp³-hybridized carbons (Fsp3) is 0.474. The first kappa shape index (κ1) is 20.6. The number of rotatable bonds is 11. The predicted octanol–water partition coefficient (Wildman–Crippen LogP) is 4.67. The van der Waals surface area contributed by atoms with Gasteiger partial charge in [0, 0.05) is 12.1 Å². The SMILES string of the molecule is CCCCCCCCNC(=O)/C(C#N)=C/c1ccccc1OC(F)F. The van der Waals surface area contributed by atoms with Gasteiger partial charge in [0.05, 0.1) is 0 Å². The van der Waals surface area contributed by atoms with Crippen LogP contribution in [0, 0.1) is 11.3 Å². The molecule has 0 aliphatic heterocycles. The molecule has 0 bridgehead atoms. The molecule has 0 heterocycles. The number of nitriles is 1. The number of hydrogen-bond donors (Lipinski definition) is 1. The molecule has 0 aliphatic rings. The van der Waals surface area contributed by atoms with Crippen molar-refractivity contribution in [3.05, 3.63) is 35.4 Å². The first-order valence-electron chi connectivity index (χ1n) is 8.52. The summed E-state index contributed by atoms with van der Waals surface area (Å²) < 4.78 is 29.2. The Hall–Kier alpha value is -2.42. The number of ether oxygens (including phenoxy) is 1. The molecule has 6 heteroatoms. The summed E-state index contributed by atoms with van der Waals surface area (Å²) in [6.45, 7) is -0.332. The molecule has 136 valence electrons. The molecule has 0 saturated carbocycles. The average molecular weight is 350 g/mol. The van der Waals surface area contributed by atoms with Crippen LogP contribution >= 0.6 is 0 Å². The smallest absolute Gasteiger partial charge is 0.387 e. The second-order valence-electron chi connectivity index (χ2n) is 5.61. The van der Waals surface area contributed by atoms with E-state index in [0.29, 0.717) is 6.54 Å². The molecule has 4 nitrogen and oxygen atoms in total. The second-order valence-corrected chi connectivity index (χ2v) is 5.61. The summed E-state index contributed by atoms with van der Waals surface area (Å²) in [5.74, 6) is -0.586. The van der Waals surface area contributed by atoms with Crippen LogP contribution in [0.1, 0.15) is 51.0 Å². The van der Waals surface area contributed by atoms with E-state index in [4.69, 9.17) is 5.26 Å². The lowest BCUT2D eigenvalue weighted by atomic mass is 10.1. The molecular weight excluding hydrogens is 326 g/mol. The zero-order valence-electron chi connectivity index (χ0n) is 14.4. The second kappa shape index (κ2) is 12.0. The fourth-order valence-electron chi connectivity index (χ4n) is 2.31. The van der Waals surface area contributed by atoms with Crippen LogP contribution in [0.15, 0.2) is 29.8 Å². The van der Waals surface area contributed by atoms with Crippen molar-refractivity contribution in [2.75, 3.05) is 6.54 Å². The number of para-hydroxylation sites is 1. The first-order chi connectivity index (χ1) is 12.1. The Kier molecular flexibility index (Phi) is 9.91. The highest BCUT2D eigenvalue weighted by Gasteiger charge is 2.12. The van der Waals surface area contributed by atoms with E-state index in [-0.39, 0.29) is 16.9 Å². The monoisotopic (exact) mass is 350 g/mol. The Morgan fingerprint density at radius 3 is 2.60 bits per heavy atom. The van der Waals surface area contributed by atoms with Crippen LogP contribution in [0.3, 0.4) is 0 Å². The Morgan fingerprint density at radius 1 is 1.24 bits per heavy atom. The van der Waals surface area contributed by atoms with E-state index in [0.717, 1.165) is 19.3 Å². The zero-order valence-corrected chi connectivity index (χ0v) is 14.4. The van der Waals surface area contributed by atoms with Crippen molar-refractivity contribution in [1.29, 1.82) is 5.26 Å². The van der Waals surface area contributed by atoms with E-state index < -0.39 is 12.5 Å².